The molecule has 3 nitrogen and oxygen atoms in total. The van der Waals surface area contributed by atoms with Crippen molar-refractivity contribution in [2.45, 2.75) is 13.5 Å². The van der Waals surface area contributed by atoms with Crippen LogP contribution in [-0.4, -0.2) is 20.5 Å². The molecule has 0 saturated heterocycles. The van der Waals surface area contributed by atoms with Crippen LogP contribution in [0.2, 0.25) is 0 Å². The Balaban J connectivity index is 3.03. The zero-order valence-corrected chi connectivity index (χ0v) is 9.56. The molecule has 6 heteroatoms. The highest BCUT2D eigenvalue weighted by Gasteiger charge is 2.20. The second kappa shape index (κ2) is 6.46. The van der Waals surface area contributed by atoms with Gasteiger partial charge >= 0.3 is 0 Å². The minimum absolute atomic E-state index is 0.108. The van der Waals surface area contributed by atoms with Crippen molar-refractivity contribution < 1.29 is 27.4 Å². The summed E-state index contributed by atoms with van der Waals surface area (Å²) in [5.41, 5.74) is -0.290. The molecule has 0 unspecified atom stereocenters. The lowest BCUT2D eigenvalue weighted by atomic mass is 10.2. The zero-order chi connectivity index (χ0) is 12.8. The lowest BCUT2D eigenvalue weighted by Gasteiger charge is -2.12. The predicted molar refractivity (Wildman–Crippen MR) is 54.2 cm³/mol. The molecule has 1 rings (SSSR count). The van der Waals surface area contributed by atoms with E-state index in [-0.39, 0.29) is 31.3 Å². The van der Waals surface area contributed by atoms with E-state index in [2.05, 4.69) is 4.74 Å². The lowest BCUT2D eigenvalue weighted by Crippen LogP contribution is -2.07. The van der Waals surface area contributed by atoms with E-state index in [0.29, 0.717) is 6.07 Å². The Kier molecular flexibility index (Phi) is 5.24. The maximum atomic E-state index is 13.5. The molecule has 0 aliphatic heterocycles. The van der Waals surface area contributed by atoms with E-state index in [4.69, 9.17) is 9.47 Å². The summed E-state index contributed by atoms with van der Waals surface area (Å²) in [7, 11) is 1.38. The van der Waals surface area contributed by atoms with Crippen molar-refractivity contribution in [3.63, 3.8) is 0 Å². The first-order valence-corrected chi connectivity index (χ1v) is 4.97. The topological polar surface area (TPSA) is 27.7 Å². The van der Waals surface area contributed by atoms with E-state index in [9.17, 15) is 13.2 Å². The first-order chi connectivity index (χ1) is 8.11. The molecule has 0 radical (unpaired) electrons. The van der Waals surface area contributed by atoms with Gasteiger partial charge in [0.05, 0.1) is 18.8 Å². The first-order valence-electron chi connectivity index (χ1n) is 4.97. The van der Waals surface area contributed by atoms with Crippen molar-refractivity contribution >= 4 is 0 Å². The van der Waals surface area contributed by atoms with E-state index in [1.54, 1.807) is 6.92 Å². The Morgan fingerprint density at radius 2 is 1.88 bits per heavy atom. The average molecular weight is 250 g/mol. The highest BCUT2D eigenvalue weighted by molar-refractivity contribution is 5.36. The third-order valence-electron chi connectivity index (χ3n) is 1.96. The molecule has 0 aliphatic carbocycles. The van der Waals surface area contributed by atoms with Gasteiger partial charge in [-0.2, -0.15) is 0 Å². The summed E-state index contributed by atoms with van der Waals surface area (Å²) in [6, 6.07) is 0.445. The largest absolute Gasteiger partial charge is 0.490 e. The molecule has 0 aliphatic rings. The number of methoxy groups -OCH3 is 1. The molecule has 96 valence electrons. The fourth-order valence-corrected chi connectivity index (χ4v) is 1.28. The molecule has 1 aromatic rings. The fourth-order valence-electron chi connectivity index (χ4n) is 1.28. The molecule has 0 atom stereocenters. The van der Waals surface area contributed by atoms with Gasteiger partial charge < -0.3 is 14.2 Å². The fraction of sp³-hybridized carbons (Fsp3) is 0.455. The van der Waals surface area contributed by atoms with Gasteiger partial charge in [-0.05, 0) is 6.92 Å². The Hall–Kier alpha value is -1.27. The normalized spacial score (nSPS) is 10.6. The molecule has 0 spiro atoms. The van der Waals surface area contributed by atoms with Crippen molar-refractivity contribution in [1.29, 1.82) is 0 Å². The van der Waals surface area contributed by atoms with Crippen molar-refractivity contribution in [2.75, 3.05) is 20.5 Å². The van der Waals surface area contributed by atoms with Crippen LogP contribution in [-0.2, 0) is 16.1 Å². The van der Waals surface area contributed by atoms with E-state index in [1.807, 2.05) is 0 Å². The summed E-state index contributed by atoms with van der Waals surface area (Å²) in [4.78, 5) is 0. The molecule has 0 N–H and O–H groups in total. The molecule has 0 aromatic heterocycles. The van der Waals surface area contributed by atoms with Gasteiger partial charge in [-0.1, -0.05) is 0 Å². The van der Waals surface area contributed by atoms with Gasteiger partial charge in [0.2, 0.25) is 0 Å². The van der Waals surface area contributed by atoms with E-state index in [0.717, 1.165) is 0 Å². The van der Waals surface area contributed by atoms with E-state index < -0.39 is 17.5 Å². The molecule has 0 heterocycles. The molecular formula is C11H13F3O3. The van der Waals surface area contributed by atoms with Crippen molar-refractivity contribution in [1.82, 2.24) is 0 Å². The summed E-state index contributed by atoms with van der Waals surface area (Å²) in [6.07, 6.45) is 0. The number of hydrogen-bond acceptors (Lipinski definition) is 3. The lowest BCUT2D eigenvalue weighted by molar-refractivity contribution is -0.0406. The van der Waals surface area contributed by atoms with Gasteiger partial charge in [-0.3, -0.25) is 0 Å². The second-order valence-corrected chi connectivity index (χ2v) is 3.15. The smallest absolute Gasteiger partial charge is 0.168 e. The van der Waals surface area contributed by atoms with Crippen LogP contribution in [0.5, 0.6) is 5.75 Å². The SMILES string of the molecule is CCOc1c(F)cc(F)c(F)c1COCOC. The Bertz CT molecular complexity index is 383. The van der Waals surface area contributed by atoms with Gasteiger partial charge in [0.1, 0.15) is 6.79 Å². The maximum Gasteiger partial charge on any atom is 0.168 e. The van der Waals surface area contributed by atoms with Crippen LogP contribution in [0.3, 0.4) is 0 Å². The summed E-state index contributed by atoms with van der Waals surface area (Å²) in [5.74, 6) is -3.74. The van der Waals surface area contributed by atoms with Crippen molar-refractivity contribution in [3.05, 3.63) is 29.1 Å². The molecule has 1 aromatic carbocycles. The average Bonchev–Trinajstić information content (AvgIpc) is 2.30. The summed E-state index contributed by atoms with van der Waals surface area (Å²) in [5, 5.41) is 0. The van der Waals surface area contributed by atoms with Gasteiger partial charge in [-0.15, -0.1) is 0 Å². The minimum Gasteiger partial charge on any atom is -0.490 e. The molecule has 0 fully saturated rings. The Morgan fingerprint density at radius 1 is 1.18 bits per heavy atom. The van der Waals surface area contributed by atoms with Gasteiger partial charge in [0.25, 0.3) is 0 Å². The molecule has 0 amide bonds. The van der Waals surface area contributed by atoms with Crippen molar-refractivity contribution in [2.24, 2.45) is 0 Å². The van der Waals surface area contributed by atoms with Crippen LogP contribution in [0.25, 0.3) is 0 Å². The Labute approximate surface area is 97.1 Å². The molecule has 0 saturated carbocycles. The maximum absolute atomic E-state index is 13.5. The zero-order valence-electron chi connectivity index (χ0n) is 9.56. The number of ether oxygens (including phenoxy) is 3. The number of rotatable bonds is 6. The van der Waals surface area contributed by atoms with Crippen LogP contribution >= 0.6 is 0 Å². The van der Waals surface area contributed by atoms with Gasteiger partial charge in [-0.25, -0.2) is 13.2 Å². The van der Waals surface area contributed by atoms with Crippen LogP contribution in [0.4, 0.5) is 13.2 Å². The number of hydrogen-bond donors (Lipinski definition) is 0. The predicted octanol–water partition coefficient (Wildman–Crippen LogP) is 2.62. The van der Waals surface area contributed by atoms with Gasteiger partial charge in [0, 0.05) is 13.2 Å². The highest BCUT2D eigenvalue weighted by Crippen LogP contribution is 2.28. The molecule has 17 heavy (non-hydrogen) atoms. The third kappa shape index (κ3) is 3.34. The van der Waals surface area contributed by atoms with E-state index >= 15 is 0 Å². The van der Waals surface area contributed by atoms with Crippen LogP contribution in [0.1, 0.15) is 12.5 Å². The van der Waals surface area contributed by atoms with Crippen molar-refractivity contribution in [3.8, 4) is 5.75 Å². The highest BCUT2D eigenvalue weighted by atomic mass is 19.2. The minimum atomic E-state index is -1.28. The van der Waals surface area contributed by atoms with Gasteiger partial charge in [0.15, 0.2) is 23.2 Å². The first kappa shape index (κ1) is 13.8. The number of benzene rings is 1. The van der Waals surface area contributed by atoms with Crippen LogP contribution in [0.15, 0.2) is 6.07 Å². The van der Waals surface area contributed by atoms with Crippen LogP contribution < -0.4 is 4.74 Å². The van der Waals surface area contributed by atoms with E-state index in [1.165, 1.54) is 7.11 Å². The quantitative estimate of drug-likeness (QED) is 0.441. The second-order valence-electron chi connectivity index (χ2n) is 3.15. The molecule has 0 bridgehead atoms. The monoisotopic (exact) mass is 250 g/mol. The summed E-state index contributed by atoms with van der Waals surface area (Å²) < 4.78 is 54.2. The summed E-state index contributed by atoms with van der Waals surface area (Å²) in [6.45, 7) is 1.31. The van der Waals surface area contributed by atoms with Crippen LogP contribution in [0, 0.1) is 17.5 Å². The standard InChI is InChI=1S/C11H13F3O3/c1-3-17-11-7(5-16-6-15-2)10(14)8(12)4-9(11)13/h4H,3,5-6H2,1-2H3. The summed E-state index contributed by atoms with van der Waals surface area (Å²) >= 11 is 0. The number of halogens is 3. The Morgan fingerprint density at radius 3 is 2.47 bits per heavy atom. The molecular weight excluding hydrogens is 237 g/mol. The third-order valence-corrected chi connectivity index (χ3v) is 1.96.